The Morgan fingerprint density at radius 3 is 2.70 bits per heavy atom. The summed E-state index contributed by atoms with van der Waals surface area (Å²) >= 11 is 0. The molecule has 0 spiro atoms. The van der Waals surface area contributed by atoms with Gasteiger partial charge < -0.3 is 15.4 Å². The first kappa shape index (κ1) is 22.0. The van der Waals surface area contributed by atoms with Crippen LogP contribution in [0.2, 0.25) is 0 Å². The van der Waals surface area contributed by atoms with Crippen molar-refractivity contribution in [1.82, 2.24) is 14.7 Å². The average molecular weight is 431 g/mol. The Morgan fingerprint density at radius 2 is 2.07 bits per heavy atom. The molecule has 2 aromatic rings. The molecule has 0 radical (unpaired) electrons. The normalized spacial score (nSPS) is 16.4. The summed E-state index contributed by atoms with van der Waals surface area (Å²) in [6.07, 6.45) is 3.21. The molecule has 0 bridgehead atoms. The number of ether oxygens (including phenoxy) is 1. The first-order chi connectivity index (χ1) is 14.4. The van der Waals surface area contributed by atoms with Gasteiger partial charge >= 0.3 is 0 Å². The average Bonchev–Trinajstić information content (AvgIpc) is 3.25. The molecule has 10 heteroatoms. The number of hydrogen-bond donors (Lipinski definition) is 3. The van der Waals surface area contributed by atoms with E-state index in [0.29, 0.717) is 42.1 Å². The van der Waals surface area contributed by atoms with E-state index < -0.39 is 10.0 Å². The minimum Gasteiger partial charge on any atom is -0.377 e. The lowest BCUT2D eigenvalue weighted by molar-refractivity contribution is 0.114. The van der Waals surface area contributed by atoms with Gasteiger partial charge in [0.2, 0.25) is 16.0 Å². The molecule has 1 aromatic carbocycles. The first-order valence-corrected chi connectivity index (χ1v) is 11.3. The number of benzene rings is 1. The number of nitrogens with zero attached hydrogens (tertiary/aromatic N) is 3. The molecule has 3 N–H and O–H groups in total. The summed E-state index contributed by atoms with van der Waals surface area (Å²) in [5.74, 6) is 1.17. The third-order valence-corrected chi connectivity index (χ3v) is 5.97. The van der Waals surface area contributed by atoms with E-state index in [4.69, 9.17) is 4.74 Å². The van der Waals surface area contributed by atoms with Crippen LogP contribution in [0.5, 0.6) is 0 Å². The molecule has 1 aliphatic rings. The van der Waals surface area contributed by atoms with E-state index in [2.05, 4.69) is 45.2 Å². The highest BCUT2D eigenvalue weighted by molar-refractivity contribution is 7.89. The summed E-state index contributed by atoms with van der Waals surface area (Å²) in [6.45, 7) is 5.75. The van der Waals surface area contributed by atoms with Gasteiger partial charge in [0, 0.05) is 25.4 Å². The highest BCUT2D eigenvalue weighted by Crippen LogP contribution is 2.20. The Morgan fingerprint density at radius 1 is 1.30 bits per heavy atom. The van der Waals surface area contributed by atoms with Crippen LogP contribution in [-0.2, 0) is 14.8 Å². The number of hydrogen-bond acceptors (Lipinski definition) is 8. The maximum atomic E-state index is 12.4. The second-order valence-corrected chi connectivity index (χ2v) is 9.25. The predicted molar refractivity (Wildman–Crippen MR) is 114 cm³/mol. The van der Waals surface area contributed by atoms with Gasteiger partial charge in [0.1, 0.15) is 17.5 Å². The van der Waals surface area contributed by atoms with Gasteiger partial charge in [-0.2, -0.15) is 10.2 Å². The van der Waals surface area contributed by atoms with Crippen molar-refractivity contribution in [2.75, 3.05) is 30.3 Å². The van der Waals surface area contributed by atoms with Gasteiger partial charge in [-0.1, -0.05) is 13.8 Å². The summed E-state index contributed by atoms with van der Waals surface area (Å²) in [5, 5.41) is 15.4. The first-order valence-electron chi connectivity index (χ1n) is 9.87. The van der Waals surface area contributed by atoms with Crippen molar-refractivity contribution in [2.45, 2.75) is 37.7 Å². The van der Waals surface area contributed by atoms with Crippen LogP contribution >= 0.6 is 0 Å². The third kappa shape index (κ3) is 5.89. The lowest BCUT2D eigenvalue weighted by Crippen LogP contribution is -2.31. The van der Waals surface area contributed by atoms with Crippen LogP contribution in [0.4, 0.5) is 17.5 Å². The number of nitriles is 1. The fourth-order valence-electron chi connectivity index (χ4n) is 2.90. The highest BCUT2D eigenvalue weighted by atomic mass is 32.2. The molecule has 1 aromatic heterocycles. The molecule has 1 fully saturated rings. The van der Waals surface area contributed by atoms with Gasteiger partial charge in [-0.15, -0.1) is 0 Å². The van der Waals surface area contributed by atoms with E-state index in [0.717, 1.165) is 12.8 Å². The lowest BCUT2D eigenvalue weighted by atomic mass is 10.2. The molecule has 1 unspecified atom stereocenters. The second-order valence-electron chi connectivity index (χ2n) is 7.48. The molecular weight excluding hydrogens is 404 g/mol. The third-order valence-electron chi connectivity index (χ3n) is 4.53. The van der Waals surface area contributed by atoms with Gasteiger partial charge in [-0.05, 0) is 43.0 Å². The van der Waals surface area contributed by atoms with Gasteiger partial charge in [-0.3, -0.25) is 0 Å². The fourth-order valence-corrected chi connectivity index (χ4v) is 3.96. The van der Waals surface area contributed by atoms with Crippen LogP contribution in [0.15, 0.2) is 35.4 Å². The van der Waals surface area contributed by atoms with Crippen molar-refractivity contribution >= 4 is 27.5 Å². The van der Waals surface area contributed by atoms with E-state index >= 15 is 0 Å². The van der Waals surface area contributed by atoms with Gasteiger partial charge in [-0.25, -0.2) is 18.1 Å². The Labute approximate surface area is 176 Å². The number of nitrogens with one attached hydrogen (secondary N) is 3. The monoisotopic (exact) mass is 430 g/mol. The smallest absolute Gasteiger partial charge is 0.240 e. The molecule has 0 saturated carbocycles. The van der Waals surface area contributed by atoms with E-state index in [9.17, 15) is 13.7 Å². The second kappa shape index (κ2) is 9.84. The standard InChI is InChI=1S/C20H26N6O3S/c1-14(2)11-22-19-15(10-21)12-23-20(26-19)25-16-5-7-18(8-6-16)30(27,28)24-13-17-4-3-9-29-17/h5-8,12,14,17,24H,3-4,9,11,13H2,1-2H3,(H2,22,23,25,26). The Hall–Kier alpha value is -2.74. The molecule has 1 saturated heterocycles. The number of anilines is 3. The van der Waals surface area contributed by atoms with E-state index in [1.807, 2.05) is 0 Å². The molecule has 3 rings (SSSR count). The predicted octanol–water partition coefficient (Wildman–Crippen LogP) is 2.62. The van der Waals surface area contributed by atoms with Crippen molar-refractivity contribution in [1.29, 1.82) is 5.26 Å². The van der Waals surface area contributed by atoms with Crippen molar-refractivity contribution < 1.29 is 13.2 Å². The maximum absolute atomic E-state index is 12.4. The van der Waals surface area contributed by atoms with E-state index in [1.165, 1.54) is 18.3 Å². The minimum atomic E-state index is -3.60. The summed E-state index contributed by atoms with van der Waals surface area (Å²) in [7, 11) is -3.60. The number of aromatic nitrogens is 2. The van der Waals surface area contributed by atoms with Gasteiger partial charge in [0.25, 0.3) is 0 Å². The Balaban J connectivity index is 1.66. The molecule has 9 nitrogen and oxygen atoms in total. The number of sulfonamides is 1. The summed E-state index contributed by atoms with van der Waals surface area (Å²) in [6, 6.07) is 8.38. The SMILES string of the molecule is CC(C)CNc1nc(Nc2ccc(S(=O)(=O)NCC3CCCO3)cc2)ncc1C#N. The zero-order valence-corrected chi connectivity index (χ0v) is 17.9. The Bertz CT molecular complexity index is 996. The summed E-state index contributed by atoms with van der Waals surface area (Å²) in [5.41, 5.74) is 0.993. The molecule has 160 valence electrons. The minimum absolute atomic E-state index is 0.0623. The zero-order chi connectivity index (χ0) is 21.6. The van der Waals surface area contributed by atoms with Crippen LogP contribution in [-0.4, -0.2) is 44.2 Å². The van der Waals surface area contributed by atoms with Gasteiger partial charge in [0.15, 0.2) is 0 Å². The van der Waals surface area contributed by atoms with Crippen molar-refractivity contribution in [2.24, 2.45) is 5.92 Å². The van der Waals surface area contributed by atoms with Crippen LogP contribution in [0.1, 0.15) is 32.3 Å². The molecule has 1 aliphatic heterocycles. The largest absolute Gasteiger partial charge is 0.377 e. The molecule has 0 aliphatic carbocycles. The fraction of sp³-hybridized carbons (Fsp3) is 0.450. The molecular formula is C20H26N6O3S. The van der Waals surface area contributed by atoms with E-state index in [1.54, 1.807) is 12.1 Å². The van der Waals surface area contributed by atoms with Crippen LogP contribution in [0.3, 0.4) is 0 Å². The van der Waals surface area contributed by atoms with Crippen molar-refractivity contribution in [3.8, 4) is 6.07 Å². The molecule has 1 atom stereocenters. The quantitative estimate of drug-likeness (QED) is 0.554. The topological polar surface area (TPSA) is 129 Å². The van der Waals surface area contributed by atoms with Crippen LogP contribution in [0, 0.1) is 17.2 Å². The van der Waals surface area contributed by atoms with Gasteiger partial charge in [0.05, 0.1) is 17.2 Å². The molecule has 2 heterocycles. The lowest BCUT2D eigenvalue weighted by Gasteiger charge is -2.13. The zero-order valence-electron chi connectivity index (χ0n) is 17.1. The van der Waals surface area contributed by atoms with E-state index in [-0.39, 0.29) is 17.5 Å². The Kier molecular flexibility index (Phi) is 7.20. The number of rotatable bonds is 9. The van der Waals surface area contributed by atoms with Crippen LogP contribution in [0.25, 0.3) is 0 Å². The molecule has 30 heavy (non-hydrogen) atoms. The summed E-state index contributed by atoms with van der Waals surface area (Å²) < 4.78 is 32.9. The van der Waals surface area contributed by atoms with Crippen LogP contribution < -0.4 is 15.4 Å². The summed E-state index contributed by atoms with van der Waals surface area (Å²) in [4.78, 5) is 8.68. The highest BCUT2D eigenvalue weighted by Gasteiger charge is 2.20. The van der Waals surface area contributed by atoms with Crippen molar-refractivity contribution in [3.05, 3.63) is 36.0 Å². The molecule has 0 amide bonds. The maximum Gasteiger partial charge on any atom is 0.240 e. The van der Waals surface area contributed by atoms with Crippen molar-refractivity contribution in [3.63, 3.8) is 0 Å².